The number of carbonyl (C=O) groups is 4. The summed E-state index contributed by atoms with van der Waals surface area (Å²) in [7, 11) is 0. The molecule has 42 heavy (non-hydrogen) atoms. The summed E-state index contributed by atoms with van der Waals surface area (Å²) in [4.78, 5) is 58.1. The summed E-state index contributed by atoms with van der Waals surface area (Å²) in [6.45, 7) is 2.41. The number of esters is 1. The first-order valence-corrected chi connectivity index (χ1v) is 15.5. The highest BCUT2D eigenvalue weighted by atomic mass is 79.9. The van der Waals surface area contributed by atoms with Crippen LogP contribution in [-0.2, 0) is 28.7 Å². The number of rotatable bonds is 7. The van der Waals surface area contributed by atoms with E-state index in [0.29, 0.717) is 24.0 Å². The number of unbranched alkanes of at least 4 members (excludes halogenated alkanes) is 2. The van der Waals surface area contributed by atoms with Crippen LogP contribution in [-0.4, -0.2) is 89.2 Å². The Bertz CT molecular complexity index is 1250. The number of hydrogen-bond donors (Lipinski definition) is 2. The number of benzene rings is 1. The highest BCUT2D eigenvalue weighted by Crippen LogP contribution is 2.58. The van der Waals surface area contributed by atoms with Gasteiger partial charge in [0.05, 0.1) is 24.5 Å². The Morgan fingerprint density at radius 2 is 1.86 bits per heavy atom. The van der Waals surface area contributed by atoms with E-state index in [-0.39, 0.29) is 32.1 Å². The number of aliphatic hydroxyl groups is 1. The number of β-amino-alcohol motifs (C(OH)–C–C–N with tert-alkyl or cyclic N) is 1. The zero-order chi connectivity index (χ0) is 29.9. The van der Waals surface area contributed by atoms with Crippen molar-refractivity contribution < 1.29 is 33.8 Å². The molecule has 2 N–H and O–H groups in total. The zero-order valence-electron chi connectivity index (χ0n) is 23.7. The van der Waals surface area contributed by atoms with Crippen molar-refractivity contribution in [3.8, 4) is 0 Å². The smallest absolute Gasteiger partial charge is 0.306 e. The van der Waals surface area contributed by atoms with E-state index in [9.17, 15) is 24.3 Å². The molecule has 0 saturated carbocycles. The largest absolute Gasteiger partial charge is 0.463 e. The van der Waals surface area contributed by atoms with E-state index in [1.54, 1.807) is 11.0 Å². The highest BCUT2D eigenvalue weighted by Gasteiger charge is 2.74. The summed E-state index contributed by atoms with van der Waals surface area (Å²) in [5, 5.41) is 12.9. The van der Waals surface area contributed by atoms with E-state index >= 15 is 0 Å². The van der Waals surface area contributed by atoms with Crippen LogP contribution < -0.4 is 5.32 Å². The van der Waals surface area contributed by atoms with Crippen LogP contribution >= 0.6 is 15.9 Å². The molecule has 1 spiro atoms. The Kier molecular flexibility index (Phi) is 9.49. The van der Waals surface area contributed by atoms with Gasteiger partial charge in [0.2, 0.25) is 17.7 Å². The Hall–Kier alpha value is -3.02. The van der Waals surface area contributed by atoms with Gasteiger partial charge in [0.1, 0.15) is 24.4 Å². The number of nitrogens with one attached hydrogen (secondary N) is 1. The minimum Gasteiger partial charge on any atom is -0.463 e. The van der Waals surface area contributed by atoms with E-state index in [1.807, 2.05) is 42.5 Å². The van der Waals surface area contributed by atoms with Crippen molar-refractivity contribution in [3.63, 3.8) is 0 Å². The average molecular weight is 645 g/mol. The van der Waals surface area contributed by atoms with Crippen LogP contribution in [0.5, 0.6) is 0 Å². The maximum Gasteiger partial charge on any atom is 0.306 e. The van der Waals surface area contributed by atoms with Crippen LogP contribution in [0.15, 0.2) is 53.0 Å². The van der Waals surface area contributed by atoms with Gasteiger partial charge in [-0.3, -0.25) is 19.2 Å². The van der Waals surface area contributed by atoms with Crippen molar-refractivity contribution in [2.75, 3.05) is 32.8 Å². The first kappa shape index (κ1) is 30.4. The van der Waals surface area contributed by atoms with Gasteiger partial charge in [-0.25, -0.2) is 0 Å². The Labute approximate surface area is 254 Å². The minimum atomic E-state index is -1.36. The predicted octanol–water partition coefficient (Wildman–Crippen LogP) is 2.62. The monoisotopic (exact) mass is 643 g/mol. The number of allylic oxidation sites excluding steroid dienone is 1. The third-order valence-corrected chi connectivity index (χ3v) is 9.26. The lowest BCUT2D eigenvalue weighted by atomic mass is 9.74. The fraction of sp³-hybridized carbons (Fsp3) is 0.548. The number of ether oxygens (including phenoxy) is 2. The number of carbonyl (C=O) groups excluding carboxylic acids is 4. The van der Waals surface area contributed by atoms with Gasteiger partial charge in [0.15, 0.2) is 0 Å². The summed E-state index contributed by atoms with van der Waals surface area (Å²) in [5.41, 5.74) is -0.607. The molecule has 4 heterocycles. The molecule has 0 aromatic heterocycles. The molecule has 2 saturated heterocycles. The molecule has 6 atom stereocenters. The van der Waals surface area contributed by atoms with Crippen molar-refractivity contribution in [3.05, 3.63) is 58.6 Å². The molecular weight excluding hydrogens is 606 g/mol. The molecule has 11 heteroatoms. The van der Waals surface area contributed by atoms with Crippen LogP contribution in [0.25, 0.3) is 0 Å². The maximum absolute atomic E-state index is 14.3. The van der Waals surface area contributed by atoms with Crippen molar-refractivity contribution in [2.45, 2.75) is 62.8 Å². The number of cyclic esters (lactones) is 1. The van der Waals surface area contributed by atoms with Crippen LogP contribution in [0.2, 0.25) is 0 Å². The molecule has 5 bridgehead atoms. The molecule has 0 unspecified atom stereocenters. The second-order valence-corrected chi connectivity index (χ2v) is 12.2. The zero-order valence-corrected chi connectivity index (χ0v) is 25.3. The maximum atomic E-state index is 14.3. The van der Waals surface area contributed by atoms with E-state index in [0.717, 1.165) is 24.8 Å². The normalized spacial score (nSPS) is 32.5. The van der Waals surface area contributed by atoms with E-state index < -0.39 is 53.4 Å². The van der Waals surface area contributed by atoms with E-state index in [2.05, 4.69) is 28.2 Å². The predicted molar refractivity (Wildman–Crippen MR) is 157 cm³/mol. The molecule has 10 nitrogen and oxygen atoms in total. The number of amides is 3. The average Bonchev–Trinajstić information content (AvgIpc) is 3.57. The first-order valence-electron chi connectivity index (χ1n) is 14.7. The van der Waals surface area contributed by atoms with Gasteiger partial charge in [-0.05, 0) is 24.5 Å². The number of fused-ring (bicyclic) bond motifs is 2. The standard InChI is InChI=1S/C31H38BrN3O7/c1-2-3-9-14-34-15-10-5-8-13-23(37)41-19-22(20-11-6-4-7-12-20)33-28(38)24-25-29(39)35(16-17-36)27(30(34)40)31(25)18-21(32)26(24)42-31/h4-7,10-12,18,22,24-27,36H,2-3,8-9,13-17,19H2,1H3,(H,33,38)/b10-5-/t22-,24-,25+,26-,27-,31+/m1/s1. The molecule has 4 aliphatic rings. The highest BCUT2D eigenvalue weighted by molar-refractivity contribution is 9.11. The number of aliphatic hydroxyl groups excluding tert-OH is 1. The Morgan fingerprint density at radius 1 is 1.07 bits per heavy atom. The summed E-state index contributed by atoms with van der Waals surface area (Å²) < 4.78 is 12.7. The van der Waals surface area contributed by atoms with Crippen molar-refractivity contribution in [1.82, 2.24) is 15.1 Å². The summed E-state index contributed by atoms with van der Waals surface area (Å²) in [6.07, 6.45) is 8.03. The fourth-order valence-electron chi connectivity index (χ4n) is 6.60. The van der Waals surface area contributed by atoms with Crippen molar-refractivity contribution >= 4 is 39.6 Å². The van der Waals surface area contributed by atoms with Crippen LogP contribution in [0.1, 0.15) is 50.6 Å². The molecule has 0 radical (unpaired) electrons. The molecule has 0 aliphatic carbocycles. The van der Waals surface area contributed by atoms with E-state index in [4.69, 9.17) is 9.47 Å². The third-order valence-electron chi connectivity index (χ3n) is 8.58. The van der Waals surface area contributed by atoms with Gasteiger partial charge < -0.3 is 29.7 Å². The van der Waals surface area contributed by atoms with Crippen LogP contribution in [0.3, 0.4) is 0 Å². The third kappa shape index (κ3) is 5.66. The summed E-state index contributed by atoms with van der Waals surface area (Å²) in [5.74, 6) is -3.39. The second-order valence-electron chi connectivity index (χ2n) is 11.2. The number of likely N-dealkylation sites (tertiary alicyclic amines) is 1. The summed E-state index contributed by atoms with van der Waals surface area (Å²) in [6, 6.07) is 7.52. The molecular formula is C31H38BrN3O7. The van der Waals surface area contributed by atoms with Gasteiger partial charge in [-0.15, -0.1) is 0 Å². The lowest BCUT2D eigenvalue weighted by Crippen LogP contribution is -2.56. The second kappa shape index (κ2) is 13.1. The molecule has 2 fully saturated rings. The molecule has 226 valence electrons. The number of halogens is 1. The molecule has 1 aromatic carbocycles. The topological polar surface area (TPSA) is 125 Å². The minimum absolute atomic E-state index is 0.0530. The van der Waals surface area contributed by atoms with Crippen molar-refractivity contribution in [1.29, 1.82) is 0 Å². The molecule has 4 aliphatic heterocycles. The molecule has 1 aromatic rings. The fourth-order valence-corrected chi connectivity index (χ4v) is 7.34. The Morgan fingerprint density at radius 3 is 2.60 bits per heavy atom. The lowest BCUT2D eigenvalue weighted by Gasteiger charge is -2.35. The number of nitrogens with zero attached hydrogens (tertiary/aromatic N) is 2. The van der Waals surface area contributed by atoms with Gasteiger partial charge in [0, 0.05) is 30.5 Å². The lowest BCUT2D eigenvalue weighted by molar-refractivity contribution is -0.148. The summed E-state index contributed by atoms with van der Waals surface area (Å²) >= 11 is 3.56. The van der Waals surface area contributed by atoms with Gasteiger partial charge >= 0.3 is 5.97 Å². The molecule has 3 amide bonds. The SMILES string of the molecule is CCCCCN1C/C=C\CCC(=O)OC[C@H](c2ccccc2)NC(=O)[C@H]2[C@@H]3O[C@@]4(C=C3Br)[C@@H]2C(=O)N(CCO)[C@@H]4C1=O. The van der Waals surface area contributed by atoms with Crippen LogP contribution in [0, 0.1) is 11.8 Å². The van der Waals surface area contributed by atoms with Gasteiger partial charge in [-0.1, -0.05) is 78.2 Å². The first-order chi connectivity index (χ1) is 20.3. The number of hydrogen-bond acceptors (Lipinski definition) is 7. The van der Waals surface area contributed by atoms with Gasteiger partial charge in [-0.2, -0.15) is 0 Å². The van der Waals surface area contributed by atoms with Crippen LogP contribution in [0.4, 0.5) is 0 Å². The quantitative estimate of drug-likeness (QED) is 0.266. The molecule has 5 rings (SSSR count). The Balaban J connectivity index is 1.55. The van der Waals surface area contributed by atoms with Crippen molar-refractivity contribution in [2.24, 2.45) is 11.8 Å². The van der Waals surface area contributed by atoms with Gasteiger partial charge in [0.25, 0.3) is 0 Å². The van der Waals surface area contributed by atoms with E-state index in [1.165, 1.54) is 4.90 Å².